The molecule has 4 N–H and O–H groups in total. The molecule has 1 atom stereocenters. The number of thiazole rings is 1. The number of aliphatic imine (C=N–C) groups is 1. The van der Waals surface area contributed by atoms with Crippen molar-refractivity contribution >= 4 is 62.4 Å². The summed E-state index contributed by atoms with van der Waals surface area (Å²) in [6, 6.07) is 5.46. The smallest absolute Gasteiger partial charge is 0.437 e. The molecule has 54 heavy (non-hydrogen) atoms. The minimum absolute atomic E-state index is 0.00324. The van der Waals surface area contributed by atoms with Crippen LogP contribution in [0.4, 0.5) is 14.7 Å². The lowest BCUT2D eigenvalue weighted by molar-refractivity contribution is -0.228. The molecule has 1 fully saturated rings. The topological polar surface area (TPSA) is 251 Å². The number of nitrogen functional groups attached to an aromatic ring is 1. The van der Waals surface area contributed by atoms with Gasteiger partial charge in [0.2, 0.25) is 5.96 Å². The SMILES string of the molecule is CC(C)(C)OC(=O)N=C(NC(=O)OC(C)(C)C)N1CCc2cc(OCCO/N=C(\C(=O)C[C@@H]3C(=O)N(OS(=O)(=O)O)C3(C)C)c3csc(N)n3)ccc2C1. The number of guanidine groups is 1. The first-order valence-corrected chi connectivity index (χ1v) is 18.9. The number of nitrogens with one attached hydrogen (secondary N) is 1. The highest BCUT2D eigenvalue weighted by atomic mass is 32.3. The van der Waals surface area contributed by atoms with Gasteiger partial charge in [0, 0.05) is 24.9 Å². The van der Waals surface area contributed by atoms with Crippen LogP contribution in [0.1, 0.15) is 78.6 Å². The average Bonchev–Trinajstić information content (AvgIpc) is 3.46. The van der Waals surface area contributed by atoms with E-state index in [1.807, 2.05) is 12.1 Å². The fourth-order valence-corrected chi connectivity index (χ4v) is 6.34. The van der Waals surface area contributed by atoms with E-state index < -0.39 is 56.9 Å². The second kappa shape index (κ2) is 16.2. The van der Waals surface area contributed by atoms with Crippen LogP contribution in [0.25, 0.3) is 0 Å². The Hall–Kier alpha value is -4.86. The largest absolute Gasteiger partial charge is 0.490 e. The number of ether oxygens (including phenoxy) is 3. The fourth-order valence-electron chi connectivity index (χ4n) is 5.34. The van der Waals surface area contributed by atoms with Gasteiger partial charge in [0.05, 0.1) is 11.5 Å². The van der Waals surface area contributed by atoms with Crippen LogP contribution in [-0.4, -0.2) is 100.0 Å². The van der Waals surface area contributed by atoms with Gasteiger partial charge in [-0.2, -0.15) is 13.5 Å². The lowest BCUT2D eigenvalue weighted by atomic mass is 9.74. The molecule has 2 aliphatic rings. The first-order valence-electron chi connectivity index (χ1n) is 16.7. The number of Topliss-reactive ketones (excluding diaryl/α,β-unsaturated/α-hetero) is 1. The quantitative estimate of drug-likeness (QED) is 0.0733. The number of rotatable bonds is 11. The third-order valence-corrected chi connectivity index (χ3v) is 8.76. The highest BCUT2D eigenvalue weighted by Gasteiger charge is 2.57. The Morgan fingerprint density at radius 1 is 1.09 bits per heavy atom. The van der Waals surface area contributed by atoms with Crippen molar-refractivity contribution in [2.75, 3.05) is 25.5 Å². The zero-order valence-corrected chi connectivity index (χ0v) is 32.8. The summed E-state index contributed by atoms with van der Waals surface area (Å²) in [7, 11) is -4.96. The number of hydroxylamine groups is 2. The summed E-state index contributed by atoms with van der Waals surface area (Å²) in [5.74, 6) is -1.89. The average molecular weight is 796 g/mol. The molecule has 296 valence electrons. The Morgan fingerprint density at radius 2 is 1.78 bits per heavy atom. The Bertz CT molecular complexity index is 1930. The predicted molar refractivity (Wildman–Crippen MR) is 195 cm³/mol. The van der Waals surface area contributed by atoms with Crippen molar-refractivity contribution in [3.8, 4) is 5.75 Å². The maximum Gasteiger partial charge on any atom is 0.437 e. The molecule has 1 saturated heterocycles. The molecule has 2 aliphatic heterocycles. The van der Waals surface area contributed by atoms with Gasteiger partial charge in [-0.05, 0) is 85.1 Å². The molecule has 0 saturated carbocycles. The number of carbonyl (C=O) groups is 4. The molecule has 2 aromatic rings. The minimum Gasteiger partial charge on any atom is -0.490 e. The lowest BCUT2D eigenvalue weighted by Gasteiger charge is -2.50. The van der Waals surface area contributed by atoms with Gasteiger partial charge in [0.1, 0.15) is 29.3 Å². The number of benzene rings is 1. The van der Waals surface area contributed by atoms with Gasteiger partial charge in [-0.3, -0.25) is 19.5 Å². The van der Waals surface area contributed by atoms with Gasteiger partial charge in [0.15, 0.2) is 23.2 Å². The molecule has 4 rings (SSSR count). The molecule has 0 aliphatic carbocycles. The van der Waals surface area contributed by atoms with E-state index in [4.69, 9.17) is 29.3 Å². The van der Waals surface area contributed by atoms with E-state index in [1.54, 1.807) is 52.5 Å². The summed E-state index contributed by atoms with van der Waals surface area (Å²) in [5, 5.41) is 8.71. The molecular formula is C33H45N7O12S2. The zero-order valence-electron chi connectivity index (χ0n) is 31.2. The van der Waals surface area contributed by atoms with Gasteiger partial charge < -0.3 is 29.7 Å². The van der Waals surface area contributed by atoms with Crippen LogP contribution in [0.15, 0.2) is 33.7 Å². The molecule has 3 amide bonds. The standard InChI is InChI=1S/C33H45N7O12S2/c1-31(2,3)50-29(43)36-28(37-30(44)51-32(4,5)6)39-12-11-19-15-21(10-9-20(19)17-39)48-13-14-49-38-25(23-18-53-27(34)35-23)24(41)16-22-26(42)40(33(22,7)8)52-54(45,46)47/h9-10,15,18,22H,11-14,16-17H2,1-8H3,(H2,34,35)(H,45,46,47)(H,36,37,43,44)/b38-25-/t22-/m1/s1. The number of alkyl carbamates (subject to hydrolysis) is 1. The van der Waals surface area contributed by atoms with E-state index in [-0.39, 0.29) is 42.1 Å². The van der Waals surface area contributed by atoms with E-state index in [0.717, 1.165) is 22.5 Å². The lowest BCUT2D eigenvalue weighted by Crippen LogP contribution is -2.68. The molecule has 1 aromatic carbocycles. The Balaban J connectivity index is 1.37. The summed E-state index contributed by atoms with van der Waals surface area (Å²) in [5.41, 5.74) is 4.76. The third-order valence-electron chi connectivity index (χ3n) is 7.75. The Morgan fingerprint density at radius 3 is 2.37 bits per heavy atom. The number of hydrogen-bond donors (Lipinski definition) is 3. The van der Waals surface area contributed by atoms with Crippen LogP contribution < -0.4 is 15.8 Å². The van der Waals surface area contributed by atoms with Crippen molar-refractivity contribution in [3.05, 3.63) is 40.4 Å². The summed E-state index contributed by atoms with van der Waals surface area (Å²) < 4.78 is 52.2. The van der Waals surface area contributed by atoms with Crippen molar-refractivity contribution in [2.24, 2.45) is 16.1 Å². The van der Waals surface area contributed by atoms with E-state index >= 15 is 0 Å². The van der Waals surface area contributed by atoms with E-state index in [9.17, 15) is 27.6 Å². The number of ketones is 1. The van der Waals surface area contributed by atoms with Gasteiger partial charge in [-0.15, -0.1) is 20.6 Å². The van der Waals surface area contributed by atoms with E-state index in [1.165, 1.54) is 19.2 Å². The van der Waals surface area contributed by atoms with Crippen molar-refractivity contribution < 1.29 is 55.5 Å². The number of aromatic nitrogens is 1. The summed E-state index contributed by atoms with van der Waals surface area (Å²) in [6.07, 6.45) is -1.49. The molecule has 19 nitrogen and oxygen atoms in total. The van der Waals surface area contributed by atoms with Crippen LogP contribution in [0.5, 0.6) is 5.75 Å². The van der Waals surface area contributed by atoms with Crippen LogP contribution in [0.2, 0.25) is 0 Å². The molecule has 3 heterocycles. The van der Waals surface area contributed by atoms with Crippen molar-refractivity contribution in [1.29, 1.82) is 0 Å². The van der Waals surface area contributed by atoms with Crippen LogP contribution in [0.3, 0.4) is 0 Å². The number of hydrogen-bond acceptors (Lipinski definition) is 15. The van der Waals surface area contributed by atoms with Crippen LogP contribution >= 0.6 is 11.3 Å². The number of β-lactam (4-membered cyclic amide) rings is 1. The molecule has 0 radical (unpaired) electrons. The Labute approximate surface area is 316 Å². The molecule has 0 spiro atoms. The van der Waals surface area contributed by atoms with Gasteiger partial charge in [0.25, 0.3) is 5.91 Å². The second-order valence-corrected chi connectivity index (χ2v) is 16.7. The van der Waals surface area contributed by atoms with E-state index in [0.29, 0.717) is 30.3 Å². The monoisotopic (exact) mass is 795 g/mol. The highest BCUT2D eigenvalue weighted by molar-refractivity contribution is 7.80. The normalized spacial score (nSPS) is 17.6. The number of fused-ring (bicyclic) bond motifs is 1. The molecule has 0 bridgehead atoms. The summed E-state index contributed by atoms with van der Waals surface area (Å²) in [4.78, 5) is 66.4. The number of anilines is 1. The van der Waals surface area contributed by atoms with Crippen LogP contribution in [-0.2, 0) is 51.5 Å². The minimum atomic E-state index is -4.96. The first kappa shape index (κ1) is 41.9. The third kappa shape index (κ3) is 11.6. The first-order chi connectivity index (χ1) is 24.9. The maximum absolute atomic E-state index is 13.3. The molecule has 21 heteroatoms. The fraction of sp³-hybridized carbons (Fsp3) is 0.545. The second-order valence-electron chi connectivity index (χ2n) is 14.8. The predicted octanol–water partition coefficient (Wildman–Crippen LogP) is 3.63. The Kier molecular flexibility index (Phi) is 12.6. The zero-order chi connectivity index (χ0) is 40.2. The number of oxime groups is 1. The number of carbonyl (C=O) groups excluding carboxylic acids is 4. The van der Waals surface area contributed by atoms with E-state index in [2.05, 4.69) is 24.7 Å². The van der Waals surface area contributed by atoms with Crippen LogP contribution in [0, 0.1) is 5.92 Å². The highest BCUT2D eigenvalue weighted by Crippen LogP contribution is 2.40. The molecule has 0 unspecified atom stereocenters. The molecular weight excluding hydrogens is 751 g/mol. The van der Waals surface area contributed by atoms with Gasteiger partial charge >= 0.3 is 22.6 Å². The number of amides is 3. The summed E-state index contributed by atoms with van der Waals surface area (Å²) in [6.45, 7) is 13.9. The van der Waals surface area contributed by atoms with Crippen molar-refractivity contribution in [1.82, 2.24) is 20.3 Å². The number of nitrogens with zero attached hydrogens (tertiary/aromatic N) is 5. The summed E-state index contributed by atoms with van der Waals surface area (Å²) >= 11 is 1.07. The number of nitrogens with two attached hydrogens (primary N) is 1. The maximum atomic E-state index is 13.3. The van der Waals surface area contributed by atoms with Gasteiger partial charge in [-0.1, -0.05) is 11.2 Å². The van der Waals surface area contributed by atoms with Gasteiger partial charge in [-0.25, -0.2) is 14.6 Å². The van der Waals surface area contributed by atoms with Crippen molar-refractivity contribution in [2.45, 2.75) is 91.5 Å². The van der Waals surface area contributed by atoms with Crippen molar-refractivity contribution in [3.63, 3.8) is 0 Å². The molecule has 1 aromatic heterocycles.